The second-order valence-electron chi connectivity index (χ2n) is 7.66. The smallest absolute Gasteiger partial charge is 0.229 e. The zero-order valence-corrected chi connectivity index (χ0v) is 16.2. The Kier molecular flexibility index (Phi) is 5.33. The van der Waals surface area contributed by atoms with Crippen molar-refractivity contribution < 1.29 is 14.3 Å². The van der Waals surface area contributed by atoms with E-state index in [4.69, 9.17) is 4.74 Å². The molecule has 1 heterocycles. The third kappa shape index (κ3) is 3.88. The summed E-state index contributed by atoms with van der Waals surface area (Å²) in [7, 11) is 1.63. The minimum atomic E-state index is -0.301. The Labute approximate surface area is 165 Å². The number of hydrogen-bond donors (Lipinski definition) is 1. The molecule has 0 saturated carbocycles. The van der Waals surface area contributed by atoms with E-state index in [9.17, 15) is 9.59 Å². The van der Waals surface area contributed by atoms with Crippen LogP contribution in [0.2, 0.25) is 0 Å². The number of nitrogens with zero attached hydrogens (tertiary/aromatic N) is 1. The Balaban J connectivity index is 1.40. The standard InChI is InChI=1S/C23H26N2O3/c1-28-19-11-9-16(10-12-19)14-25-15-18(13-22(25)26)23(27)24-21-8-4-6-17-5-2-3-7-20(17)21/h4,6,8-12,18H,2-3,5,7,13-15H2,1H3,(H,24,27). The van der Waals surface area contributed by atoms with Crippen molar-refractivity contribution in [2.24, 2.45) is 5.92 Å². The summed E-state index contributed by atoms with van der Waals surface area (Å²) >= 11 is 0. The number of methoxy groups -OCH3 is 1. The lowest BCUT2D eigenvalue weighted by atomic mass is 9.90. The van der Waals surface area contributed by atoms with Crippen molar-refractivity contribution in [2.75, 3.05) is 19.0 Å². The van der Waals surface area contributed by atoms with Crippen LogP contribution in [0.3, 0.4) is 0 Å². The molecular formula is C23H26N2O3. The van der Waals surface area contributed by atoms with Crippen molar-refractivity contribution in [2.45, 2.75) is 38.6 Å². The molecule has 2 aromatic rings. The van der Waals surface area contributed by atoms with Gasteiger partial charge in [-0.25, -0.2) is 0 Å². The number of ether oxygens (including phenoxy) is 1. The number of rotatable bonds is 5. The number of benzene rings is 2. The topological polar surface area (TPSA) is 58.6 Å². The SMILES string of the molecule is COc1ccc(CN2CC(C(=O)Nc3cccc4c3CCCC4)CC2=O)cc1. The number of hydrogen-bond acceptors (Lipinski definition) is 3. The Morgan fingerprint density at radius 3 is 2.71 bits per heavy atom. The highest BCUT2D eigenvalue weighted by Gasteiger charge is 2.34. The van der Waals surface area contributed by atoms with Gasteiger partial charge < -0.3 is 15.0 Å². The summed E-state index contributed by atoms with van der Waals surface area (Å²) in [6.07, 6.45) is 4.74. The first kappa shape index (κ1) is 18.5. The van der Waals surface area contributed by atoms with Crippen LogP contribution in [0.1, 0.15) is 36.0 Å². The first-order chi connectivity index (χ1) is 13.6. The number of nitrogens with one attached hydrogen (secondary N) is 1. The highest BCUT2D eigenvalue weighted by molar-refractivity contribution is 5.97. The molecule has 1 atom stereocenters. The molecule has 0 bridgehead atoms. The van der Waals surface area contributed by atoms with Gasteiger partial charge in [0.2, 0.25) is 11.8 Å². The Bertz CT molecular complexity index is 876. The largest absolute Gasteiger partial charge is 0.497 e. The van der Waals surface area contributed by atoms with Crippen LogP contribution in [0.5, 0.6) is 5.75 Å². The molecule has 0 aromatic heterocycles. The van der Waals surface area contributed by atoms with Crippen LogP contribution in [0.15, 0.2) is 42.5 Å². The predicted molar refractivity (Wildman–Crippen MR) is 108 cm³/mol. The number of carbonyl (C=O) groups excluding carboxylic acids is 2. The highest BCUT2D eigenvalue weighted by atomic mass is 16.5. The van der Waals surface area contributed by atoms with E-state index in [2.05, 4.69) is 11.4 Å². The lowest BCUT2D eigenvalue weighted by Crippen LogP contribution is -2.28. The van der Waals surface area contributed by atoms with Crippen molar-refractivity contribution in [3.8, 4) is 5.75 Å². The third-order valence-electron chi connectivity index (χ3n) is 5.77. The maximum atomic E-state index is 12.8. The molecule has 28 heavy (non-hydrogen) atoms. The summed E-state index contributed by atoms with van der Waals surface area (Å²) in [5.41, 5.74) is 4.56. The van der Waals surface area contributed by atoms with Crippen LogP contribution in [0.4, 0.5) is 5.69 Å². The maximum Gasteiger partial charge on any atom is 0.229 e. The zero-order chi connectivity index (χ0) is 19.5. The average Bonchev–Trinajstić information content (AvgIpc) is 3.09. The summed E-state index contributed by atoms with van der Waals surface area (Å²) in [6.45, 7) is 0.985. The van der Waals surface area contributed by atoms with Crippen molar-refractivity contribution in [3.63, 3.8) is 0 Å². The number of anilines is 1. The maximum absolute atomic E-state index is 12.8. The lowest BCUT2D eigenvalue weighted by Gasteiger charge is -2.21. The van der Waals surface area contributed by atoms with Gasteiger partial charge in [0.15, 0.2) is 0 Å². The molecule has 2 aliphatic rings. The monoisotopic (exact) mass is 378 g/mol. The third-order valence-corrected chi connectivity index (χ3v) is 5.77. The first-order valence-electron chi connectivity index (χ1n) is 9.96. The summed E-state index contributed by atoms with van der Waals surface area (Å²) in [4.78, 5) is 27.0. The number of aryl methyl sites for hydroxylation is 1. The van der Waals surface area contributed by atoms with E-state index in [1.807, 2.05) is 36.4 Å². The fraction of sp³-hybridized carbons (Fsp3) is 0.391. The molecule has 5 heteroatoms. The van der Waals surface area contributed by atoms with Crippen molar-refractivity contribution in [1.82, 2.24) is 4.90 Å². The van der Waals surface area contributed by atoms with Crippen molar-refractivity contribution in [3.05, 3.63) is 59.2 Å². The molecule has 1 fully saturated rings. The normalized spacial score (nSPS) is 18.7. The highest BCUT2D eigenvalue weighted by Crippen LogP contribution is 2.29. The van der Waals surface area contributed by atoms with E-state index in [-0.39, 0.29) is 24.2 Å². The summed E-state index contributed by atoms with van der Waals surface area (Å²) < 4.78 is 5.17. The molecule has 1 aliphatic carbocycles. The number of fused-ring (bicyclic) bond motifs is 1. The molecule has 1 saturated heterocycles. The predicted octanol–water partition coefficient (Wildman–Crippen LogP) is 3.56. The van der Waals surface area contributed by atoms with Gasteiger partial charge in [0.1, 0.15) is 5.75 Å². The van der Waals surface area contributed by atoms with Gasteiger partial charge in [-0.3, -0.25) is 9.59 Å². The van der Waals surface area contributed by atoms with Crippen molar-refractivity contribution >= 4 is 17.5 Å². The molecule has 0 radical (unpaired) electrons. The van der Waals surface area contributed by atoms with Crippen LogP contribution < -0.4 is 10.1 Å². The van der Waals surface area contributed by atoms with Gasteiger partial charge in [0.25, 0.3) is 0 Å². The number of carbonyl (C=O) groups is 2. The molecule has 2 amide bonds. The molecule has 1 N–H and O–H groups in total. The Morgan fingerprint density at radius 2 is 1.93 bits per heavy atom. The number of likely N-dealkylation sites (tertiary alicyclic amines) is 1. The van der Waals surface area contributed by atoms with E-state index in [0.717, 1.165) is 36.3 Å². The summed E-state index contributed by atoms with van der Waals surface area (Å²) in [6, 6.07) is 13.8. The van der Waals surface area contributed by atoms with Crippen molar-refractivity contribution in [1.29, 1.82) is 0 Å². The molecular weight excluding hydrogens is 352 g/mol. The van der Waals surface area contributed by atoms with Gasteiger partial charge in [-0.1, -0.05) is 24.3 Å². The van der Waals surface area contributed by atoms with E-state index in [1.165, 1.54) is 17.5 Å². The Morgan fingerprint density at radius 1 is 1.14 bits per heavy atom. The van der Waals surface area contributed by atoms with Gasteiger partial charge in [-0.15, -0.1) is 0 Å². The molecule has 5 nitrogen and oxygen atoms in total. The fourth-order valence-electron chi connectivity index (χ4n) is 4.19. The zero-order valence-electron chi connectivity index (χ0n) is 16.2. The second kappa shape index (κ2) is 8.05. The lowest BCUT2D eigenvalue weighted by molar-refractivity contribution is -0.128. The summed E-state index contributed by atoms with van der Waals surface area (Å²) in [5.74, 6) is 0.473. The summed E-state index contributed by atoms with van der Waals surface area (Å²) in [5, 5.41) is 3.10. The van der Waals surface area contributed by atoms with Crippen LogP contribution in [-0.2, 0) is 29.0 Å². The van der Waals surface area contributed by atoms with Gasteiger partial charge in [0, 0.05) is 25.2 Å². The number of amides is 2. The van der Waals surface area contributed by atoms with Crippen LogP contribution in [0, 0.1) is 5.92 Å². The van der Waals surface area contributed by atoms with Gasteiger partial charge >= 0.3 is 0 Å². The van der Waals surface area contributed by atoms with Gasteiger partial charge in [-0.05, 0) is 60.6 Å². The minimum Gasteiger partial charge on any atom is -0.497 e. The van der Waals surface area contributed by atoms with Gasteiger partial charge in [0.05, 0.1) is 13.0 Å². The minimum absolute atomic E-state index is 0.0334. The molecule has 4 rings (SSSR count). The molecule has 1 aliphatic heterocycles. The van der Waals surface area contributed by atoms with Gasteiger partial charge in [-0.2, -0.15) is 0 Å². The molecule has 0 spiro atoms. The van der Waals surface area contributed by atoms with Crippen LogP contribution in [-0.4, -0.2) is 30.4 Å². The molecule has 1 unspecified atom stereocenters. The van der Waals surface area contributed by atoms with E-state index >= 15 is 0 Å². The average molecular weight is 378 g/mol. The molecule has 2 aromatic carbocycles. The Hall–Kier alpha value is -2.82. The van der Waals surface area contributed by atoms with Crippen LogP contribution >= 0.6 is 0 Å². The van der Waals surface area contributed by atoms with E-state index < -0.39 is 0 Å². The van der Waals surface area contributed by atoms with Crippen LogP contribution in [0.25, 0.3) is 0 Å². The second-order valence-corrected chi connectivity index (χ2v) is 7.66. The first-order valence-corrected chi connectivity index (χ1v) is 9.96. The van der Waals surface area contributed by atoms with E-state index in [0.29, 0.717) is 13.1 Å². The quantitative estimate of drug-likeness (QED) is 0.865. The molecule has 146 valence electrons. The van der Waals surface area contributed by atoms with E-state index in [1.54, 1.807) is 12.0 Å². The fourth-order valence-corrected chi connectivity index (χ4v) is 4.19.